The van der Waals surface area contributed by atoms with Crippen LogP contribution in [0.4, 0.5) is 11.4 Å². The van der Waals surface area contributed by atoms with Gasteiger partial charge in [0.25, 0.3) is 21.5 Å². The quantitative estimate of drug-likeness (QED) is 0.444. The molecule has 0 saturated heterocycles. The lowest BCUT2D eigenvalue weighted by Gasteiger charge is -2.10. The molecule has 26 heavy (non-hydrogen) atoms. The normalized spacial score (nSPS) is 11.9. The minimum atomic E-state index is -4.96. The minimum Gasteiger partial charge on any atom is -0.282 e. The first-order chi connectivity index (χ1) is 11.9. The predicted molar refractivity (Wildman–Crippen MR) is 86.2 cm³/mol. The number of aryl methyl sites for hydroxylation is 1. The molecule has 2 aromatic rings. The molecular weight excluding hydrogens is 392 g/mol. The van der Waals surface area contributed by atoms with Gasteiger partial charge >= 0.3 is 0 Å². The second-order valence-electron chi connectivity index (χ2n) is 5.09. The van der Waals surface area contributed by atoms with E-state index in [4.69, 9.17) is 0 Å². The highest BCUT2D eigenvalue weighted by Gasteiger charge is 2.33. The van der Waals surface area contributed by atoms with Crippen LogP contribution in [-0.2, 0) is 20.0 Å². The molecule has 13 heteroatoms. The largest absolute Gasteiger partial charge is 0.295 e. The lowest BCUT2D eigenvalue weighted by atomic mass is 10.2. The van der Waals surface area contributed by atoms with Crippen molar-refractivity contribution in [2.75, 3.05) is 0 Å². The summed E-state index contributed by atoms with van der Waals surface area (Å²) in [7, 11) is -9.75. The Hall–Kier alpha value is -2.90. The molecule has 0 atom stereocenters. The maximum absolute atomic E-state index is 12.8. The molecular formula is C13H10N2O9S2. The molecule has 0 unspecified atom stereocenters. The molecule has 0 aliphatic rings. The highest BCUT2D eigenvalue weighted by Crippen LogP contribution is 2.35. The third-order valence-electron chi connectivity index (χ3n) is 3.31. The number of nitro groups is 2. The van der Waals surface area contributed by atoms with Crippen LogP contribution in [0.15, 0.2) is 51.1 Å². The van der Waals surface area contributed by atoms with E-state index in [-0.39, 0.29) is 0 Å². The van der Waals surface area contributed by atoms with Crippen LogP contribution >= 0.6 is 0 Å². The van der Waals surface area contributed by atoms with Gasteiger partial charge in [-0.3, -0.25) is 24.8 Å². The van der Waals surface area contributed by atoms with Gasteiger partial charge in [-0.25, -0.2) is 8.42 Å². The zero-order valence-electron chi connectivity index (χ0n) is 12.9. The molecule has 0 aliphatic heterocycles. The Labute approximate surface area is 146 Å². The number of benzene rings is 2. The maximum Gasteiger partial charge on any atom is 0.295 e. The van der Waals surface area contributed by atoms with Crippen LogP contribution in [0.3, 0.4) is 0 Å². The smallest absolute Gasteiger partial charge is 0.282 e. The van der Waals surface area contributed by atoms with E-state index in [9.17, 15) is 41.6 Å². The summed E-state index contributed by atoms with van der Waals surface area (Å²) >= 11 is 0. The second-order valence-corrected chi connectivity index (χ2v) is 8.37. The molecule has 0 radical (unpaired) electrons. The van der Waals surface area contributed by atoms with Gasteiger partial charge < -0.3 is 0 Å². The number of nitro benzene ring substituents is 2. The number of hydrogen-bond acceptors (Lipinski definition) is 8. The molecule has 138 valence electrons. The van der Waals surface area contributed by atoms with Crippen molar-refractivity contribution < 1.29 is 31.2 Å². The van der Waals surface area contributed by atoms with Gasteiger partial charge in [0.05, 0.1) is 20.8 Å². The number of rotatable bonds is 5. The topological polar surface area (TPSA) is 175 Å². The van der Waals surface area contributed by atoms with E-state index in [0.29, 0.717) is 17.7 Å². The van der Waals surface area contributed by atoms with Gasteiger partial charge in [-0.1, -0.05) is 6.07 Å². The molecule has 0 bridgehead atoms. The van der Waals surface area contributed by atoms with Gasteiger partial charge in [0.1, 0.15) is 9.79 Å². The fourth-order valence-electron chi connectivity index (χ4n) is 2.15. The molecule has 2 rings (SSSR count). The van der Waals surface area contributed by atoms with E-state index in [0.717, 1.165) is 18.2 Å². The summed E-state index contributed by atoms with van der Waals surface area (Å²) in [6, 6.07) is 4.83. The van der Waals surface area contributed by atoms with Crippen molar-refractivity contribution in [3.8, 4) is 0 Å². The summed E-state index contributed by atoms with van der Waals surface area (Å²) in [4.78, 5) is 17.0. The second kappa shape index (κ2) is 6.44. The summed E-state index contributed by atoms with van der Waals surface area (Å²) in [5, 5.41) is 21.9. The molecule has 0 aromatic heterocycles. The first-order valence-corrected chi connectivity index (χ1v) is 9.54. The van der Waals surface area contributed by atoms with Crippen LogP contribution < -0.4 is 0 Å². The van der Waals surface area contributed by atoms with Gasteiger partial charge in [-0.15, -0.1) is 0 Å². The third kappa shape index (κ3) is 3.54. The fraction of sp³-hybridized carbons (Fsp3) is 0.0769. The molecule has 0 aliphatic carbocycles. The number of sulfone groups is 1. The zero-order chi connectivity index (χ0) is 19.9. The molecule has 1 N–H and O–H groups in total. The van der Waals surface area contributed by atoms with Crippen LogP contribution in [0.5, 0.6) is 0 Å². The lowest BCUT2D eigenvalue weighted by Crippen LogP contribution is -2.12. The number of non-ortho nitro benzene ring substituents is 1. The van der Waals surface area contributed by atoms with Gasteiger partial charge in [0.2, 0.25) is 9.84 Å². The Balaban J connectivity index is 2.86. The minimum absolute atomic E-state index is 0.315. The molecule has 2 aromatic carbocycles. The van der Waals surface area contributed by atoms with E-state index >= 15 is 0 Å². The van der Waals surface area contributed by atoms with Crippen molar-refractivity contribution in [2.45, 2.75) is 21.6 Å². The third-order valence-corrected chi connectivity index (χ3v) is 6.19. The van der Waals surface area contributed by atoms with E-state index in [1.807, 2.05) is 0 Å². The lowest BCUT2D eigenvalue weighted by molar-refractivity contribution is -0.396. The molecule has 0 saturated carbocycles. The highest BCUT2D eigenvalue weighted by atomic mass is 32.2. The summed E-state index contributed by atoms with van der Waals surface area (Å²) in [6.07, 6.45) is 0. The number of nitrogens with zero attached hydrogens (tertiary/aromatic N) is 2. The van der Waals surface area contributed by atoms with Crippen molar-refractivity contribution in [3.05, 3.63) is 62.2 Å². The highest BCUT2D eigenvalue weighted by molar-refractivity contribution is 7.93. The Bertz CT molecular complexity index is 1140. The van der Waals surface area contributed by atoms with Gasteiger partial charge in [-0.05, 0) is 30.7 Å². The van der Waals surface area contributed by atoms with Crippen molar-refractivity contribution in [1.29, 1.82) is 0 Å². The van der Waals surface area contributed by atoms with Crippen LogP contribution in [0.2, 0.25) is 0 Å². The zero-order valence-corrected chi connectivity index (χ0v) is 14.5. The van der Waals surface area contributed by atoms with Crippen LogP contribution in [0.1, 0.15) is 5.56 Å². The Morgan fingerprint density at radius 1 is 0.846 bits per heavy atom. The average molecular weight is 402 g/mol. The average Bonchev–Trinajstić information content (AvgIpc) is 2.53. The summed E-state index contributed by atoms with van der Waals surface area (Å²) < 4.78 is 57.9. The Kier molecular flexibility index (Phi) is 4.81. The van der Waals surface area contributed by atoms with Crippen molar-refractivity contribution in [2.24, 2.45) is 0 Å². The summed E-state index contributed by atoms with van der Waals surface area (Å²) in [5.74, 6) is 0. The molecule has 11 nitrogen and oxygen atoms in total. The SMILES string of the molecule is Cc1ccc(S(=O)(=O)c2ccc([N+](=O)[O-])cc2[N+](=O)[O-])c(S(=O)(=O)O)c1. The van der Waals surface area contributed by atoms with Crippen LogP contribution in [0.25, 0.3) is 0 Å². The van der Waals surface area contributed by atoms with Crippen molar-refractivity contribution in [1.82, 2.24) is 0 Å². The van der Waals surface area contributed by atoms with Gasteiger partial charge in [-0.2, -0.15) is 8.42 Å². The Morgan fingerprint density at radius 2 is 1.42 bits per heavy atom. The summed E-state index contributed by atoms with van der Waals surface area (Å²) in [6.45, 7) is 1.44. The summed E-state index contributed by atoms with van der Waals surface area (Å²) in [5.41, 5.74) is -1.50. The van der Waals surface area contributed by atoms with Crippen molar-refractivity contribution in [3.63, 3.8) is 0 Å². The molecule has 0 fully saturated rings. The van der Waals surface area contributed by atoms with Gasteiger partial charge in [0, 0.05) is 6.07 Å². The monoisotopic (exact) mass is 402 g/mol. The van der Waals surface area contributed by atoms with E-state index < -0.39 is 55.9 Å². The first-order valence-electron chi connectivity index (χ1n) is 6.62. The number of hydrogen-bond donors (Lipinski definition) is 1. The Morgan fingerprint density at radius 3 is 1.92 bits per heavy atom. The van der Waals surface area contributed by atoms with Crippen LogP contribution in [-0.4, -0.2) is 31.2 Å². The molecule has 0 amide bonds. The van der Waals surface area contributed by atoms with Crippen molar-refractivity contribution >= 4 is 31.3 Å². The van der Waals surface area contributed by atoms with E-state index in [1.165, 1.54) is 13.0 Å². The first kappa shape index (κ1) is 19.4. The molecule has 0 heterocycles. The maximum atomic E-state index is 12.8. The molecule has 0 spiro atoms. The van der Waals surface area contributed by atoms with E-state index in [1.54, 1.807) is 0 Å². The standard InChI is InChI=1S/C13H10N2O9S2/c1-8-2-4-12(13(6-8)26(22,23)24)25(20,21)11-5-3-9(14(16)17)7-10(11)15(18)19/h2-7H,1H3,(H,22,23,24). The van der Waals surface area contributed by atoms with Gasteiger partial charge in [0.15, 0.2) is 0 Å². The fourth-order valence-corrected chi connectivity index (χ4v) is 4.91. The van der Waals surface area contributed by atoms with Crippen LogP contribution in [0, 0.1) is 27.2 Å². The van der Waals surface area contributed by atoms with E-state index in [2.05, 4.69) is 0 Å². The predicted octanol–water partition coefficient (Wildman–Crippen LogP) is 1.89.